The van der Waals surface area contributed by atoms with Gasteiger partial charge in [-0.1, -0.05) is 0 Å². The van der Waals surface area contributed by atoms with E-state index in [4.69, 9.17) is 14.6 Å². The van der Waals surface area contributed by atoms with E-state index >= 15 is 0 Å². The standard InChI is InChI=1S/C19H25FN2O3.CH2O2/c1-13-8-14(10-15(20)9-13)17(23)22-6-4-19(5-7-22)11-16(12-21(2)3)25-18(19)24;2-1-3/h8-10,16H,4-7,11-12H2,1-3H3;1H,(H,2,3). The van der Waals surface area contributed by atoms with E-state index in [0.29, 0.717) is 37.9 Å². The van der Waals surface area contributed by atoms with Crippen LogP contribution in [0.1, 0.15) is 35.2 Å². The van der Waals surface area contributed by atoms with E-state index in [9.17, 15) is 14.0 Å². The monoisotopic (exact) mass is 394 g/mol. The van der Waals surface area contributed by atoms with Gasteiger partial charge in [-0.3, -0.25) is 14.4 Å². The molecule has 1 unspecified atom stereocenters. The molecule has 28 heavy (non-hydrogen) atoms. The van der Waals surface area contributed by atoms with Gasteiger partial charge >= 0.3 is 5.97 Å². The Balaban J connectivity index is 0.000000878. The summed E-state index contributed by atoms with van der Waals surface area (Å²) < 4.78 is 19.1. The molecule has 2 fully saturated rings. The van der Waals surface area contributed by atoms with Crippen LogP contribution in [0.3, 0.4) is 0 Å². The Labute approximate surface area is 164 Å². The Morgan fingerprint density at radius 3 is 2.50 bits per heavy atom. The lowest BCUT2D eigenvalue weighted by Gasteiger charge is -2.36. The number of piperidine rings is 1. The highest BCUT2D eigenvalue weighted by molar-refractivity contribution is 5.94. The number of likely N-dealkylation sites (N-methyl/N-ethyl adjacent to an activating group) is 1. The topological polar surface area (TPSA) is 87.2 Å². The van der Waals surface area contributed by atoms with Gasteiger partial charge < -0.3 is 19.6 Å². The van der Waals surface area contributed by atoms with Crippen molar-refractivity contribution in [3.63, 3.8) is 0 Å². The van der Waals surface area contributed by atoms with Gasteiger partial charge in [0.25, 0.3) is 12.4 Å². The van der Waals surface area contributed by atoms with Crippen molar-refractivity contribution in [3.8, 4) is 0 Å². The summed E-state index contributed by atoms with van der Waals surface area (Å²) in [5.41, 5.74) is 0.630. The highest BCUT2D eigenvalue weighted by atomic mass is 19.1. The van der Waals surface area contributed by atoms with E-state index in [-0.39, 0.29) is 24.5 Å². The first kappa shape index (κ1) is 21.8. The molecule has 2 aliphatic heterocycles. The molecule has 0 radical (unpaired) electrons. The van der Waals surface area contributed by atoms with Crippen LogP contribution >= 0.6 is 0 Å². The molecular formula is C20H27FN2O5. The molecule has 7 nitrogen and oxygen atoms in total. The number of nitrogens with zero attached hydrogens (tertiary/aromatic N) is 2. The zero-order valence-electron chi connectivity index (χ0n) is 16.5. The minimum atomic E-state index is -0.463. The molecule has 154 valence electrons. The largest absolute Gasteiger partial charge is 0.483 e. The van der Waals surface area contributed by atoms with Gasteiger partial charge in [0.2, 0.25) is 0 Å². The van der Waals surface area contributed by atoms with Gasteiger partial charge in [-0.2, -0.15) is 0 Å². The lowest BCUT2D eigenvalue weighted by Crippen LogP contribution is -2.45. The van der Waals surface area contributed by atoms with E-state index in [1.807, 2.05) is 19.0 Å². The van der Waals surface area contributed by atoms with Crippen LogP contribution in [-0.2, 0) is 14.3 Å². The number of benzene rings is 1. The second-order valence-electron chi connectivity index (χ2n) is 7.69. The average molecular weight is 394 g/mol. The Bertz CT molecular complexity index is 709. The number of carbonyl (C=O) groups is 3. The van der Waals surface area contributed by atoms with E-state index < -0.39 is 11.2 Å². The molecule has 1 atom stereocenters. The van der Waals surface area contributed by atoms with Crippen LogP contribution in [0.25, 0.3) is 0 Å². The van der Waals surface area contributed by atoms with Crippen molar-refractivity contribution in [2.75, 3.05) is 33.7 Å². The van der Waals surface area contributed by atoms with Gasteiger partial charge in [-0.05, 0) is 57.6 Å². The maximum absolute atomic E-state index is 13.6. The van der Waals surface area contributed by atoms with Crippen molar-refractivity contribution in [2.24, 2.45) is 5.41 Å². The predicted molar refractivity (Wildman–Crippen MR) is 100 cm³/mol. The molecule has 1 N–H and O–H groups in total. The van der Waals surface area contributed by atoms with Gasteiger partial charge in [0.1, 0.15) is 11.9 Å². The third kappa shape index (κ3) is 5.07. The first-order valence-electron chi connectivity index (χ1n) is 9.21. The second kappa shape index (κ2) is 9.14. The fourth-order valence-corrected chi connectivity index (χ4v) is 3.93. The third-order valence-electron chi connectivity index (χ3n) is 5.19. The van der Waals surface area contributed by atoms with Crippen LogP contribution in [-0.4, -0.2) is 73.1 Å². The number of hydrogen-bond donors (Lipinski definition) is 1. The van der Waals surface area contributed by atoms with Gasteiger partial charge in [0, 0.05) is 31.6 Å². The number of ether oxygens (including phenoxy) is 1. The smallest absolute Gasteiger partial charge is 0.312 e. The number of amides is 1. The number of carbonyl (C=O) groups excluding carboxylic acids is 2. The predicted octanol–water partition coefficient (Wildman–Crippen LogP) is 1.93. The van der Waals surface area contributed by atoms with Crippen molar-refractivity contribution >= 4 is 18.3 Å². The molecule has 0 saturated carbocycles. The lowest BCUT2D eigenvalue weighted by molar-refractivity contribution is -0.150. The minimum Gasteiger partial charge on any atom is -0.483 e. The summed E-state index contributed by atoms with van der Waals surface area (Å²) in [7, 11) is 3.92. The summed E-state index contributed by atoms with van der Waals surface area (Å²) in [6.45, 7) is 3.24. The normalized spacial score (nSPS) is 20.5. The van der Waals surface area contributed by atoms with Gasteiger partial charge in [0.15, 0.2) is 0 Å². The lowest BCUT2D eigenvalue weighted by atomic mass is 9.76. The highest BCUT2D eigenvalue weighted by Gasteiger charge is 2.50. The number of hydrogen-bond acceptors (Lipinski definition) is 5. The molecule has 1 aromatic rings. The number of likely N-dealkylation sites (tertiary alicyclic amines) is 1. The molecule has 0 aliphatic carbocycles. The Hall–Kier alpha value is -2.48. The number of cyclic esters (lactones) is 1. The van der Waals surface area contributed by atoms with Crippen LogP contribution in [0.15, 0.2) is 18.2 Å². The summed E-state index contributed by atoms with van der Waals surface area (Å²) in [6.07, 6.45) is 1.85. The maximum Gasteiger partial charge on any atom is 0.312 e. The first-order valence-corrected chi connectivity index (χ1v) is 9.21. The molecular weight excluding hydrogens is 367 g/mol. The average Bonchev–Trinajstić information content (AvgIpc) is 2.89. The van der Waals surface area contributed by atoms with Crippen LogP contribution in [0.2, 0.25) is 0 Å². The van der Waals surface area contributed by atoms with Crippen LogP contribution in [0.4, 0.5) is 4.39 Å². The fraction of sp³-hybridized carbons (Fsp3) is 0.550. The number of halogens is 1. The van der Waals surface area contributed by atoms with Crippen molar-refractivity contribution in [1.29, 1.82) is 0 Å². The quantitative estimate of drug-likeness (QED) is 0.623. The number of aryl methyl sites for hydroxylation is 1. The van der Waals surface area contributed by atoms with Crippen molar-refractivity contribution in [2.45, 2.75) is 32.3 Å². The number of rotatable bonds is 3. The first-order chi connectivity index (χ1) is 13.2. The zero-order valence-corrected chi connectivity index (χ0v) is 16.5. The molecule has 3 rings (SSSR count). The second-order valence-corrected chi connectivity index (χ2v) is 7.69. The van der Waals surface area contributed by atoms with Gasteiger partial charge in [0.05, 0.1) is 5.41 Å². The van der Waals surface area contributed by atoms with Crippen molar-refractivity contribution in [3.05, 3.63) is 35.1 Å². The molecule has 1 aromatic carbocycles. The molecule has 1 amide bonds. The molecule has 0 bridgehead atoms. The zero-order chi connectivity index (χ0) is 20.9. The molecule has 8 heteroatoms. The number of carboxylic acid groups (broad SMARTS) is 1. The van der Waals surface area contributed by atoms with Gasteiger partial charge in [-0.25, -0.2) is 4.39 Å². The Morgan fingerprint density at radius 2 is 1.96 bits per heavy atom. The Morgan fingerprint density at radius 1 is 1.36 bits per heavy atom. The molecule has 0 aromatic heterocycles. The SMILES string of the molecule is Cc1cc(F)cc(C(=O)N2CCC3(CC2)CC(CN(C)C)OC3=O)c1.O=CO. The van der Waals surface area contributed by atoms with Crippen LogP contribution in [0.5, 0.6) is 0 Å². The van der Waals surface area contributed by atoms with E-state index in [0.717, 1.165) is 12.1 Å². The molecule has 2 heterocycles. The van der Waals surface area contributed by atoms with Crippen LogP contribution in [0, 0.1) is 18.2 Å². The van der Waals surface area contributed by atoms with Crippen molar-refractivity contribution in [1.82, 2.24) is 9.80 Å². The van der Waals surface area contributed by atoms with E-state index in [1.54, 1.807) is 17.9 Å². The van der Waals surface area contributed by atoms with Crippen molar-refractivity contribution < 1.29 is 28.6 Å². The summed E-state index contributed by atoms with van der Waals surface area (Å²) in [5, 5.41) is 6.89. The summed E-state index contributed by atoms with van der Waals surface area (Å²) in [5.74, 6) is -0.704. The molecule has 2 aliphatic rings. The third-order valence-corrected chi connectivity index (χ3v) is 5.19. The van der Waals surface area contributed by atoms with Crippen LogP contribution < -0.4 is 0 Å². The Kier molecular flexibility index (Phi) is 7.12. The summed E-state index contributed by atoms with van der Waals surface area (Å²) in [6, 6.07) is 4.38. The molecule has 2 saturated heterocycles. The van der Waals surface area contributed by atoms with E-state index in [2.05, 4.69) is 0 Å². The van der Waals surface area contributed by atoms with E-state index in [1.165, 1.54) is 12.1 Å². The minimum absolute atomic E-state index is 0.0735. The number of esters is 1. The molecule has 1 spiro atoms. The highest BCUT2D eigenvalue weighted by Crippen LogP contribution is 2.43. The summed E-state index contributed by atoms with van der Waals surface area (Å²) in [4.78, 5) is 37.1. The summed E-state index contributed by atoms with van der Waals surface area (Å²) >= 11 is 0. The maximum atomic E-state index is 13.6. The van der Waals surface area contributed by atoms with Gasteiger partial charge in [-0.15, -0.1) is 0 Å². The fourth-order valence-electron chi connectivity index (χ4n) is 3.93.